The van der Waals surface area contributed by atoms with Gasteiger partial charge in [-0.05, 0) is 25.8 Å². The van der Waals surface area contributed by atoms with E-state index in [9.17, 15) is 14.4 Å². The molecule has 2 amide bonds. The molecule has 0 radical (unpaired) electrons. The zero-order valence-electron chi connectivity index (χ0n) is 15.8. The number of hydrogen-bond acceptors (Lipinski definition) is 6. The summed E-state index contributed by atoms with van der Waals surface area (Å²) in [5, 5.41) is 3.33. The van der Waals surface area contributed by atoms with Crippen molar-refractivity contribution in [3.63, 3.8) is 0 Å². The van der Waals surface area contributed by atoms with Crippen molar-refractivity contribution in [3.8, 4) is 0 Å². The highest BCUT2D eigenvalue weighted by molar-refractivity contribution is 7.20. The molecule has 0 aromatic carbocycles. The largest absolute Gasteiger partial charge is 0.378 e. The lowest BCUT2D eigenvalue weighted by atomic mass is 10.2. The Morgan fingerprint density at radius 1 is 1.37 bits per heavy atom. The summed E-state index contributed by atoms with van der Waals surface area (Å²) in [5.41, 5.74) is 0.319. The van der Waals surface area contributed by atoms with Gasteiger partial charge in [0.15, 0.2) is 0 Å². The number of aryl methyl sites for hydroxylation is 1. The van der Waals surface area contributed by atoms with Crippen molar-refractivity contribution in [1.29, 1.82) is 0 Å². The molecule has 0 aliphatic carbocycles. The highest BCUT2D eigenvalue weighted by Gasteiger charge is 2.22. The van der Waals surface area contributed by atoms with Crippen molar-refractivity contribution in [2.45, 2.75) is 39.8 Å². The van der Waals surface area contributed by atoms with E-state index < -0.39 is 0 Å². The second kappa shape index (κ2) is 8.18. The molecule has 0 spiro atoms. The van der Waals surface area contributed by atoms with Crippen molar-refractivity contribution in [2.75, 3.05) is 26.3 Å². The number of ether oxygens (including phenoxy) is 1. The Morgan fingerprint density at radius 3 is 2.74 bits per heavy atom. The Balaban J connectivity index is 1.88. The molecule has 1 fully saturated rings. The molecule has 2 aromatic heterocycles. The number of nitrogens with zero attached hydrogens (tertiary/aromatic N) is 3. The molecule has 146 valence electrons. The molecule has 1 N–H and O–H groups in total. The van der Waals surface area contributed by atoms with Crippen LogP contribution in [-0.2, 0) is 16.1 Å². The normalized spacial score (nSPS) is 15.7. The first kappa shape index (κ1) is 19.5. The van der Waals surface area contributed by atoms with Crippen LogP contribution in [-0.4, -0.2) is 58.6 Å². The third-order valence-electron chi connectivity index (χ3n) is 4.78. The van der Waals surface area contributed by atoms with E-state index in [-0.39, 0.29) is 30.0 Å². The number of amides is 2. The molecule has 1 aliphatic rings. The number of carbonyl (C=O) groups is 2. The molecule has 8 nitrogen and oxygen atoms in total. The Bertz CT molecular complexity index is 914. The van der Waals surface area contributed by atoms with E-state index in [2.05, 4.69) is 10.3 Å². The van der Waals surface area contributed by atoms with E-state index in [1.807, 2.05) is 13.8 Å². The number of thiophene rings is 1. The van der Waals surface area contributed by atoms with E-state index >= 15 is 0 Å². The smallest absolute Gasteiger partial charge is 0.262 e. The van der Waals surface area contributed by atoms with E-state index in [4.69, 9.17) is 4.74 Å². The Kier molecular flexibility index (Phi) is 5.91. The lowest BCUT2D eigenvalue weighted by Crippen LogP contribution is -2.43. The lowest BCUT2D eigenvalue weighted by molar-refractivity contribution is -0.135. The molecule has 2 aromatic rings. The van der Waals surface area contributed by atoms with E-state index in [0.29, 0.717) is 47.0 Å². The van der Waals surface area contributed by atoms with E-state index in [1.54, 1.807) is 11.8 Å². The number of morpholine rings is 1. The minimum absolute atomic E-state index is 0.0536. The maximum Gasteiger partial charge on any atom is 0.262 e. The number of fused-ring (bicyclic) bond motifs is 1. The molecule has 1 atom stereocenters. The number of nitrogens with one attached hydrogen (secondary N) is 1. The third kappa shape index (κ3) is 4.03. The zero-order valence-corrected chi connectivity index (χ0v) is 16.6. The van der Waals surface area contributed by atoms with Crippen molar-refractivity contribution < 1.29 is 14.3 Å². The van der Waals surface area contributed by atoms with Crippen LogP contribution in [0.25, 0.3) is 10.2 Å². The second-order valence-corrected chi connectivity index (χ2v) is 7.69. The van der Waals surface area contributed by atoms with Crippen LogP contribution in [0.15, 0.2) is 11.1 Å². The minimum Gasteiger partial charge on any atom is -0.378 e. The van der Waals surface area contributed by atoms with Gasteiger partial charge in [0.25, 0.3) is 11.5 Å². The van der Waals surface area contributed by atoms with Gasteiger partial charge in [0.05, 0.1) is 29.8 Å². The summed E-state index contributed by atoms with van der Waals surface area (Å²) >= 11 is 1.21. The van der Waals surface area contributed by atoms with Crippen LogP contribution in [0.2, 0.25) is 0 Å². The van der Waals surface area contributed by atoms with Gasteiger partial charge in [-0.25, -0.2) is 4.98 Å². The topological polar surface area (TPSA) is 93.5 Å². The van der Waals surface area contributed by atoms with Crippen LogP contribution in [0.3, 0.4) is 0 Å². The van der Waals surface area contributed by atoms with Gasteiger partial charge in [0.2, 0.25) is 5.91 Å². The molecule has 1 aliphatic heterocycles. The lowest BCUT2D eigenvalue weighted by Gasteiger charge is -2.26. The summed E-state index contributed by atoms with van der Waals surface area (Å²) in [4.78, 5) is 44.8. The van der Waals surface area contributed by atoms with Gasteiger partial charge in [-0.15, -0.1) is 11.3 Å². The molecule has 1 saturated heterocycles. The fraction of sp³-hybridized carbons (Fsp3) is 0.556. The summed E-state index contributed by atoms with van der Waals surface area (Å²) in [7, 11) is 0. The molecular formula is C18H24N4O4S. The van der Waals surface area contributed by atoms with Gasteiger partial charge in [-0.3, -0.25) is 19.0 Å². The van der Waals surface area contributed by atoms with Gasteiger partial charge in [0.1, 0.15) is 11.4 Å². The van der Waals surface area contributed by atoms with Gasteiger partial charge in [0, 0.05) is 19.1 Å². The van der Waals surface area contributed by atoms with Crippen LogP contribution in [0.1, 0.15) is 35.5 Å². The third-order valence-corrected chi connectivity index (χ3v) is 5.98. The Hall–Kier alpha value is -2.26. The summed E-state index contributed by atoms with van der Waals surface area (Å²) in [6.07, 6.45) is 2.21. The van der Waals surface area contributed by atoms with Crippen molar-refractivity contribution in [3.05, 3.63) is 27.1 Å². The number of hydrogen-bond donors (Lipinski definition) is 1. The first-order chi connectivity index (χ1) is 12.9. The average Bonchev–Trinajstić information content (AvgIpc) is 3.02. The fourth-order valence-electron chi connectivity index (χ4n) is 2.94. The predicted octanol–water partition coefficient (Wildman–Crippen LogP) is 1.15. The van der Waals surface area contributed by atoms with Gasteiger partial charge >= 0.3 is 0 Å². The maximum atomic E-state index is 12.9. The summed E-state index contributed by atoms with van der Waals surface area (Å²) < 4.78 is 6.56. The Morgan fingerprint density at radius 2 is 2.07 bits per heavy atom. The van der Waals surface area contributed by atoms with Gasteiger partial charge in [-0.1, -0.05) is 6.92 Å². The van der Waals surface area contributed by atoms with E-state index in [0.717, 1.165) is 6.42 Å². The van der Waals surface area contributed by atoms with Gasteiger partial charge < -0.3 is 15.0 Å². The standard InChI is InChI=1S/C18H24N4O4S/c1-4-11(2)20-16(24)15-12(3)14-17(27-15)19-10-22(18(14)25)9-13(23)21-5-7-26-8-6-21/h10-11H,4-9H2,1-3H3,(H,20,24)/t11-/m1/s1. The average molecular weight is 392 g/mol. The first-order valence-electron chi connectivity index (χ1n) is 9.07. The second-order valence-electron chi connectivity index (χ2n) is 6.69. The molecule has 3 heterocycles. The number of carbonyl (C=O) groups excluding carboxylic acids is 2. The minimum atomic E-state index is -0.294. The summed E-state index contributed by atoms with van der Waals surface area (Å²) in [6, 6.07) is 0.0536. The van der Waals surface area contributed by atoms with Gasteiger partial charge in [-0.2, -0.15) is 0 Å². The first-order valence-corrected chi connectivity index (χ1v) is 9.89. The molecule has 0 bridgehead atoms. The molecule has 0 saturated carbocycles. The maximum absolute atomic E-state index is 12.9. The molecule has 3 rings (SSSR count). The van der Waals surface area contributed by atoms with Crippen LogP contribution in [0, 0.1) is 6.92 Å². The quantitative estimate of drug-likeness (QED) is 0.824. The van der Waals surface area contributed by atoms with Crippen LogP contribution < -0.4 is 10.9 Å². The molecular weight excluding hydrogens is 368 g/mol. The Labute approximate surface area is 161 Å². The monoisotopic (exact) mass is 392 g/mol. The van der Waals surface area contributed by atoms with Crippen LogP contribution in [0.4, 0.5) is 0 Å². The fourth-order valence-corrected chi connectivity index (χ4v) is 3.98. The number of rotatable bonds is 5. The van der Waals surface area contributed by atoms with Crippen LogP contribution >= 0.6 is 11.3 Å². The molecule has 0 unspecified atom stereocenters. The highest BCUT2D eigenvalue weighted by atomic mass is 32.1. The van der Waals surface area contributed by atoms with Crippen LogP contribution in [0.5, 0.6) is 0 Å². The predicted molar refractivity (Wildman–Crippen MR) is 103 cm³/mol. The SMILES string of the molecule is CC[C@@H](C)NC(=O)c1sc2ncn(CC(=O)N3CCOCC3)c(=O)c2c1C. The van der Waals surface area contributed by atoms with Crippen molar-refractivity contribution in [1.82, 2.24) is 19.8 Å². The molecule has 9 heteroatoms. The summed E-state index contributed by atoms with van der Waals surface area (Å²) in [6.45, 7) is 7.69. The zero-order chi connectivity index (χ0) is 19.6. The van der Waals surface area contributed by atoms with Crippen molar-refractivity contribution >= 4 is 33.4 Å². The summed E-state index contributed by atoms with van der Waals surface area (Å²) in [5.74, 6) is -0.329. The molecule has 27 heavy (non-hydrogen) atoms. The van der Waals surface area contributed by atoms with Crippen molar-refractivity contribution in [2.24, 2.45) is 0 Å². The van der Waals surface area contributed by atoms with E-state index in [1.165, 1.54) is 22.2 Å². The number of aromatic nitrogens is 2. The highest BCUT2D eigenvalue weighted by Crippen LogP contribution is 2.26.